The fraction of sp³-hybridized carbons (Fsp3) is 0.508. The van der Waals surface area contributed by atoms with Crippen molar-refractivity contribution in [1.82, 2.24) is 5.06 Å². The second-order valence-electron chi connectivity index (χ2n) is 22.8. The van der Waals surface area contributed by atoms with Crippen LogP contribution in [0.4, 0.5) is 11.4 Å². The number of imide groups is 1. The van der Waals surface area contributed by atoms with Crippen LogP contribution in [-0.2, 0) is 119 Å². The number of methoxy groups -OCH3 is 2. The van der Waals surface area contributed by atoms with Crippen molar-refractivity contribution in [2.75, 3.05) is 130 Å². The lowest BCUT2D eigenvalue weighted by Gasteiger charge is -2.31. The smallest absolute Gasteiger partial charge is 0.333 e. The van der Waals surface area contributed by atoms with Gasteiger partial charge in [-0.1, -0.05) is 23.8 Å². The molecule has 0 aromatic heterocycles. The number of hydrogen-bond donors (Lipinski definition) is 0. The Balaban J connectivity index is 1.38. The summed E-state index contributed by atoms with van der Waals surface area (Å²) in [5.41, 5.74) is -0.780. The number of hydroxylamine groups is 2. The molecule has 530 valence electrons. The van der Waals surface area contributed by atoms with Gasteiger partial charge in [0.2, 0.25) is 5.69 Å². The number of carbonyl (C=O) groups excluding carboxylic acids is 3. The van der Waals surface area contributed by atoms with Gasteiger partial charge < -0.3 is 70.4 Å². The van der Waals surface area contributed by atoms with Crippen LogP contribution < -0.4 is 4.90 Å². The maximum Gasteiger partial charge on any atom is 0.333 e. The average Bonchev–Trinajstić information content (AvgIpc) is 1.53. The number of nitrogens with zero attached hydrogens (tertiary/aromatic N) is 3. The van der Waals surface area contributed by atoms with Crippen LogP contribution in [0.5, 0.6) is 0 Å². The third-order valence-corrected chi connectivity index (χ3v) is 20.4. The zero-order valence-electron chi connectivity index (χ0n) is 53.3. The maximum absolute atomic E-state index is 13.3. The van der Waals surface area contributed by atoms with Crippen LogP contribution in [0, 0.1) is 0 Å². The Kier molecular flexibility index (Phi) is 26.7. The van der Waals surface area contributed by atoms with Crippen LogP contribution in [0.2, 0.25) is 0 Å². The number of anilines is 1. The molecule has 35 heteroatoms. The van der Waals surface area contributed by atoms with Crippen molar-refractivity contribution in [2.24, 2.45) is 0 Å². The van der Waals surface area contributed by atoms with E-state index in [9.17, 15) is 79.2 Å². The Bertz CT molecular complexity index is 4250. The molecule has 3 aliphatic heterocycles. The number of benzene rings is 4. The Labute approximate surface area is 557 Å². The minimum Gasteiger partial charge on any atom is -0.748 e. The van der Waals surface area contributed by atoms with E-state index in [1.807, 2.05) is 0 Å². The quantitative estimate of drug-likeness (QED) is 0.0202. The number of amides is 2. The summed E-state index contributed by atoms with van der Waals surface area (Å²) in [4.78, 5) is 40.8. The molecule has 2 atom stereocenters. The Morgan fingerprint density at radius 2 is 1.05 bits per heavy atom. The van der Waals surface area contributed by atoms with Gasteiger partial charge in [0.1, 0.15) is 47.1 Å². The molecule has 0 radical (unpaired) electrons. The van der Waals surface area contributed by atoms with Crippen LogP contribution in [-0.4, -0.2) is 224 Å². The largest absolute Gasteiger partial charge is 0.748 e. The normalized spacial score (nSPS) is 18.6. The fourth-order valence-corrected chi connectivity index (χ4v) is 14.9. The molecule has 3 heterocycles. The minimum atomic E-state index is -5.49. The van der Waals surface area contributed by atoms with Gasteiger partial charge in [0.15, 0.2) is 12.3 Å². The molecule has 4 aromatic rings. The van der Waals surface area contributed by atoms with E-state index >= 15 is 0 Å². The molecular formula is C61H75N3O27S5-4. The standard InChI is InChI=1S/C61H79N3O27S5/c1-42(9-15-53-60(2,19-7-37-92(68,69)70)58-47-38-43(93(71,72)73)40-51(95(77,78)79)45(47)12-14-50(58)63(53)22-24-86-30-32-90-36-34-88-28-26-84-5)10-16-54-61(3,20-23-85-29-31-89-35-33-87-27-25-83-4)59-48-39-44(94(74,75)76)41-52(96(80,81)82)46(48)11-13-49(59)62(54)21-6-8-57(67)91-64-55(65)17-18-56(64)66/h9-16,38-41H,6-8,17-37H2,1-5H3,(H4-,68,69,70,71,72,73,74,75,76,77,78,79,80,81,82)/p-4. The van der Waals surface area contributed by atoms with Gasteiger partial charge in [-0.05, 0) is 111 Å². The highest BCUT2D eigenvalue weighted by Crippen LogP contribution is 2.54. The van der Waals surface area contributed by atoms with E-state index in [1.165, 1.54) is 38.5 Å². The van der Waals surface area contributed by atoms with Gasteiger partial charge in [-0.15, -0.1) is 5.06 Å². The number of carbonyl (C=O) groups is 3. The summed E-state index contributed by atoms with van der Waals surface area (Å²) in [5.74, 6) is -3.27. The zero-order chi connectivity index (χ0) is 70.4. The van der Waals surface area contributed by atoms with E-state index in [2.05, 4.69) is 0 Å². The second kappa shape index (κ2) is 33.2. The van der Waals surface area contributed by atoms with E-state index in [4.69, 9.17) is 42.7 Å². The van der Waals surface area contributed by atoms with E-state index < -0.39 is 105 Å². The minimum absolute atomic E-state index is 0.00719. The number of hydrogen-bond acceptors (Lipinski definition) is 28. The predicted octanol–water partition coefficient (Wildman–Crippen LogP) is 3.63. The first-order chi connectivity index (χ1) is 45.2. The van der Waals surface area contributed by atoms with Gasteiger partial charge in [0, 0.05) is 92.3 Å². The molecule has 2 unspecified atom stereocenters. The first-order valence-electron chi connectivity index (χ1n) is 30.2. The molecule has 0 saturated carbocycles. The van der Waals surface area contributed by atoms with E-state index in [0.29, 0.717) is 66.3 Å². The lowest BCUT2D eigenvalue weighted by Crippen LogP contribution is -2.33. The average molecular weight is 1440 g/mol. The highest BCUT2D eigenvalue weighted by molar-refractivity contribution is 7.87. The zero-order valence-corrected chi connectivity index (χ0v) is 57.4. The van der Waals surface area contributed by atoms with Gasteiger partial charge in [-0.3, -0.25) is 9.59 Å². The summed E-state index contributed by atoms with van der Waals surface area (Å²) in [7, 11) is -23.7. The third-order valence-electron chi connectivity index (χ3n) is 16.2. The maximum atomic E-state index is 13.3. The number of rotatable bonds is 40. The van der Waals surface area contributed by atoms with Gasteiger partial charge in [-0.2, -0.15) is 4.58 Å². The summed E-state index contributed by atoms with van der Waals surface area (Å²) in [6.07, 6.45) is 5.27. The predicted molar refractivity (Wildman–Crippen MR) is 336 cm³/mol. The van der Waals surface area contributed by atoms with Gasteiger partial charge in [0.05, 0.1) is 114 Å². The van der Waals surface area contributed by atoms with Crippen molar-refractivity contribution in [3.63, 3.8) is 0 Å². The molecule has 4 aromatic carbocycles. The van der Waals surface area contributed by atoms with Crippen molar-refractivity contribution in [3.05, 3.63) is 95.2 Å². The first kappa shape index (κ1) is 77.3. The third kappa shape index (κ3) is 19.6. The first-order valence-corrected chi connectivity index (χ1v) is 37.4. The van der Waals surface area contributed by atoms with Crippen molar-refractivity contribution in [1.29, 1.82) is 0 Å². The fourth-order valence-electron chi connectivity index (χ4n) is 11.8. The van der Waals surface area contributed by atoms with E-state index in [-0.39, 0.29) is 162 Å². The molecular weight excluding hydrogens is 1370 g/mol. The van der Waals surface area contributed by atoms with Crippen molar-refractivity contribution >= 4 is 107 Å². The monoisotopic (exact) mass is 1440 g/mol. The number of allylic oxidation sites excluding steroid dienone is 6. The Morgan fingerprint density at radius 3 is 1.54 bits per heavy atom. The molecule has 2 amide bonds. The van der Waals surface area contributed by atoms with Gasteiger partial charge >= 0.3 is 5.97 Å². The van der Waals surface area contributed by atoms with Crippen molar-refractivity contribution in [3.8, 4) is 0 Å². The van der Waals surface area contributed by atoms with Crippen LogP contribution in [0.15, 0.2) is 104 Å². The molecule has 30 nitrogen and oxygen atoms in total. The summed E-state index contributed by atoms with van der Waals surface area (Å²) in [6.45, 7) is 7.66. The van der Waals surface area contributed by atoms with Crippen LogP contribution in [0.25, 0.3) is 21.5 Å². The topological polar surface area (TPSA) is 430 Å². The lowest BCUT2D eigenvalue weighted by atomic mass is 9.74. The van der Waals surface area contributed by atoms with Gasteiger partial charge in [0.25, 0.3) is 11.8 Å². The van der Waals surface area contributed by atoms with E-state index in [1.54, 1.807) is 54.6 Å². The molecule has 1 saturated heterocycles. The molecule has 1 fully saturated rings. The molecule has 96 heavy (non-hydrogen) atoms. The summed E-state index contributed by atoms with van der Waals surface area (Å²) in [5, 5.41) is -0.402. The molecule has 0 bridgehead atoms. The van der Waals surface area contributed by atoms with E-state index in [0.717, 1.165) is 12.1 Å². The summed E-state index contributed by atoms with van der Waals surface area (Å²) >= 11 is 0. The second-order valence-corrected chi connectivity index (χ2v) is 29.8. The number of fused-ring (bicyclic) bond motifs is 6. The van der Waals surface area contributed by atoms with Crippen LogP contribution >= 0.6 is 0 Å². The van der Waals surface area contributed by atoms with Crippen LogP contribution in [0.1, 0.15) is 76.8 Å². The molecule has 3 aliphatic rings. The summed E-state index contributed by atoms with van der Waals surface area (Å²) < 4.78 is 237. The molecule has 0 aliphatic carbocycles. The molecule has 0 N–H and O–H groups in total. The van der Waals surface area contributed by atoms with Crippen molar-refractivity contribution < 1.29 is 127 Å². The lowest BCUT2D eigenvalue weighted by molar-refractivity contribution is -0.442. The number of ether oxygens (including phenoxy) is 8. The van der Waals surface area contributed by atoms with Crippen LogP contribution in [0.3, 0.4) is 0 Å². The van der Waals surface area contributed by atoms with Crippen molar-refractivity contribution in [2.45, 2.75) is 96.1 Å². The Morgan fingerprint density at radius 1 is 0.573 bits per heavy atom. The molecule has 0 spiro atoms. The summed E-state index contributed by atoms with van der Waals surface area (Å²) in [6, 6.07) is 8.31. The van der Waals surface area contributed by atoms with Gasteiger partial charge in [-0.25, -0.2) is 46.9 Å². The highest BCUT2D eigenvalue weighted by Gasteiger charge is 2.49. The highest BCUT2D eigenvalue weighted by atomic mass is 32.2. The Hall–Kier alpha value is -6.07. The molecule has 7 rings (SSSR count). The SMILES string of the molecule is COCCOCCOCCOCC[N+]1=C(/C=C/C(C)=C/C=C2/N(CCCC(=O)ON3C(=O)CCC3=O)c3ccc4c(S(=O)(=O)[O-])cc(S(=O)(=O)[O-])cc4c3C2(C)CCOCCOCCOCCOC)C(C)(CCCS(=O)(=O)[O-])c2c1ccc1c(S(=O)(=O)[O-])cc(S(=O)(=O)[O-])cc21.